The Balaban J connectivity index is 2.17. The fourth-order valence-corrected chi connectivity index (χ4v) is 2.52. The van der Waals surface area contributed by atoms with Crippen molar-refractivity contribution in [3.63, 3.8) is 0 Å². The SMILES string of the molecule is CN(C)c1ccccc1CC1(O)CCNCC1. The minimum Gasteiger partial charge on any atom is -0.389 e. The van der Waals surface area contributed by atoms with Crippen molar-refractivity contribution in [2.24, 2.45) is 0 Å². The summed E-state index contributed by atoms with van der Waals surface area (Å²) in [7, 11) is 4.09. The largest absolute Gasteiger partial charge is 0.389 e. The third-order valence-corrected chi connectivity index (χ3v) is 3.53. The van der Waals surface area contributed by atoms with Crippen molar-refractivity contribution in [1.82, 2.24) is 5.32 Å². The number of hydrogen-bond acceptors (Lipinski definition) is 3. The van der Waals surface area contributed by atoms with Crippen LogP contribution in [0.3, 0.4) is 0 Å². The van der Waals surface area contributed by atoms with Gasteiger partial charge in [0.15, 0.2) is 0 Å². The van der Waals surface area contributed by atoms with Crippen LogP contribution in [0.2, 0.25) is 0 Å². The lowest BCUT2D eigenvalue weighted by atomic mass is 9.85. The number of aliphatic hydroxyl groups is 1. The molecule has 0 unspecified atom stereocenters. The molecule has 0 amide bonds. The first kappa shape index (κ1) is 12.4. The van der Waals surface area contributed by atoms with Gasteiger partial charge in [-0.3, -0.25) is 0 Å². The summed E-state index contributed by atoms with van der Waals surface area (Å²) in [6, 6.07) is 8.33. The highest BCUT2D eigenvalue weighted by Gasteiger charge is 2.30. The average Bonchev–Trinajstić information content (AvgIpc) is 2.29. The predicted octanol–water partition coefficient (Wildman–Crippen LogP) is 1.41. The van der Waals surface area contributed by atoms with Crippen molar-refractivity contribution in [2.75, 3.05) is 32.1 Å². The molecule has 0 aliphatic carbocycles. The molecule has 1 aliphatic rings. The zero-order valence-electron chi connectivity index (χ0n) is 10.7. The van der Waals surface area contributed by atoms with Crippen molar-refractivity contribution < 1.29 is 5.11 Å². The van der Waals surface area contributed by atoms with Gasteiger partial charge in [0.05, 0.1) is 5.60 Å². The van der Waals surface area contributed by atoms with Crippen molar-refractivity contribution in [1.29, 1.82) is 0 Å². The zero-order valence-corrected chi connectivity index (χ0v) is 10.7. The van der Waals surface area contributed by atoms with Crippen LogP contribution in [0.1, 0.15) is 18.4 Å². The molecule has 1 fully saturated rings. The van der Waals surface area contributed by atoms with Gasteiger partial charge in [0.1, 0.15) is 0 Å². The van der Waals surface area contributed by atoms with Crippen LogP contribution in [-0.2, 0) is 6.42 Å². The van der Waals surface area contributed by atoms with Crippen LogP contribution >= 0.6 is 0 Å². The first-order valence-corrected chi connectivity index (χ1v) is 6.29. The number of nitrogens with zero attached hydrogens (tertiary/aromatic N) is 1. The number of para-hydroxylation sites is 1. The van der Waals surface area contributed by atoms with Gasteiger partial charge in [0.2, 0.25) is 0 Å². The zero-order chi connectivity index (χ0) is 12.3. The maximum atomic E-state index is 10.6. The van der Waals surface area contributed by atoms with E-state index in [1.54, 1.807) is 0 Å². The van der Waals surface area contributed by atoms with Crippen molar-refractivity contribution in [2.45, 2.75) is 24.9 Å². The molecule has 3 nitrogen and oxygen atoms in total. The van der Waals surface area contributed by atoms with Gasteiger partial charge in [-0.05, 0) is 37.6 Å². The predicted molar refractivity (Wildman–Crippen MR) is 71.5 cm³/mol. The monoisotopic (exact) mass is 234 g/mol. The number of hydrogen-bond donors (Lipinski definition) is 2. The number of anilines is 1. The Labute approximate surface area is 103 Å². The molecule has 0 aromatic heterocycles. The van der Waals surface area contributed by atoms with E-state index in [-0.39, 0.29) is 0 Å². The standard InChI is InChI=1S/C14H22N2O/c1-16(2)13-6-4-3-5-12(13)11-14(17)7-9-15-10-8-14/h3-6,15,17H,7-11H2,1-2H3. The van der Waals surface area contributed by atoms with Crippen LogP contribution in [0.4, 0.5) is 5.69 Å². The van der Waals surface area contributed by atoms with Crippen molar-refractivity contribution in [3.8, 4) is 0 Å². The molecular formula is C14H22N2O. The summed E-state index contributed by atoms with van der Waals surface area (Å²) in [5, 5.41) is 13.9. The molecule has 1 saturated heterocycles. The van der Waals surface area contributed by atoms with Gasteiger partial charge in [0, 0.05) is 26.2 Å². The third kappa shape index (κ3) is 2.99. The Bertz CT molecular complexity index is 370. The highest BCUT2D eigenvalue weighted by atomic mass is 16.3. The van der Waals surface area contributed by atoms with E-state index in [2.05, 4.69) is 22.3 Å². The summed E-state index contributed by atoms with van der Waals surface area (Å²) in [5.41, 5.74) is 1.92. The maximum Gasteiger partial charge on any atom is 0.0712 e. The van der Waals surface area contributed by atoms with Gasteiger partial charge in [0.25, 0.3) is 0 Å². The molecular weight excluding hydrogens is 212 g/mol. The second-order valence-corrected chi connectivity index (χ2v) is 5.17. The molecule has 94 valence electrons. The smallest absolute Gasteiger partial charge is 0.0712 e. The number of benzene rings is 1. The minimum absolute atomic E-state index is 0.530. The Morgan fingerprint density at radius 1 is 1.24 bits per heavy atom. The highest BCUT2D eigenvalue weighted by molar-refractivity contribution is 5.52. The second-order valence-electron chi connectivity index (χ2n) is 5.17. The summed E-state index contributed by atoms with van der Waals surface area (Å²) in [6.07, 6.45) is 2.44. The van der Waals surface area contributed by atoms with Gasteiger partial charge >= 0.3 is 0 Å². The molecule has 0 spiro atoms. The van der Waals surface area contributed by atoms with Crippen LogP contribution in [0.15, 0.2) is 24.3 Å². The second kappa shape index (κ2) is 5.07. The Morgan fingerprint density at radius 2 is 1.88 bits per heavy atom. The van der Waals surface area contributed by atoms with Crippen molar-refractivity contribution in [3.05, 3.63) is 29.8 Å². The van der Waals surface area contributed by atoms with Gasteiger partial charge in [-0.15, -0.1) is 0 Å². The Morgan fingerprint density at radius 3 is 2.53 bits per heavy atom. The van der Waals surface area contributed by atoms with Gasteiger partial charge < -0.3 is 15.3 Å². The lowest BCUT2D eigenvalue weighted by Crippen LogP contribution is -2.43. The van der Waals surface area contributed by atoms with Crippen LogP contribution in [0.25, 0.3) is 0 Å². The first-order chi connectivity index (χ1) is 8.11. The summed E-state index contributed by atoms with van der Waals surface area (Å²) in [4.78, 5) is 2.11. The topological polar surface area (TPSA) is 35.5 Å². The van der Waals surface area contributed by atoms with Crippen LogP contribution in [0, 0.1) is 0 Å². The molecule has 1 aromatic rings. The van der Waals surface area contributed by atoms with E-state index in [1.807, 2.05) is 26.2 Å². The van der Waals surface area contributed by atoms with E-state index in [0.29, 0.717) is 0 Å². The fraction of sp³-hybridized carbons (Fsp3) is 0.571. The van der Waals surface area contributed by atoms with Crippen LogP contribution in [-0.4, -0.2) is 37.9 Å². The number of rotatable bonds is 3. The van der Waals surface area contributed by atoms with Gasteiger partial charge in [-0.25, -0.2) is 0 Å². The lowest BCUT2D eigenvalue weighted by Gasteiger charge is -2.33. The lowest BCUT2D eigenvalue weighted by molar-refractivity contribution is 0.0110. The maximum absolute atomic E-state index is 10.6. The molecule has 1 aromatic carbocycles. The van der Waals surface area contributed by atoms with E-state index < -0.39 is 5.60 Å². The van der Waals surface area contributed by atoms with Gasteiger partial charge in [-0.2, -0.15) is 0 Å². The number of nitrogens with one attached hydrogen (secondary N) is 1. The van der Waals surface area contributed by atoms with Gasteiger partial charge in [-0.1, -0.05) is 18.2 Å². The summed E-state index contributed by atoms with van der Waals surface area (Å²) in [6.45, 7) is 1.83. The number of piperidine rings is 1. The van der Waals surface area contributed by atoms with E-state index in [9.17, 15) is 5.11 Å². The van der Waals surface area contributed by atoms with E-state index >= 15 is 0 Å². The molecule has 0 radical (unpaired) electrons. The fourth-order valence-electron chi connectivity index (χ4n) is 2.52. The molecule has 0 saturated carbocycles. The average molecular weight is 234 g/mol. The summed E-state index contributed by atoms with van der Waals surface area (Å²) >= 11 is 0. The quantitative estimate of drug-likeness (QED) is 0.830. The molecule has 17 heavy (non-hydrogen) atoms. The van der Waals surface area contributed by atoms with Crippen LogP contribution < -0.4 is 10.2 Å². The van der Waals surface area contributed by atoms with Crippen molar-refractivity contribution >= 4 is 5.69 Å². The summed E-state index contributed by atoms with van der Waals surface area (Å²) in [5.74, 6) is 0. The van der Waals surface area contributed by atoms with E-state index in [0.717, 1.165) is 32.4 Å². The molecule has 0 atom stereocenters. The Hall–Kier alpha value is -1.06. The van der Waals surface area contributed by atoms with E-state index in [1.165, 1.54) is 11.3 Å². The molecule has 1 aliphatic heterocycles. The van der Waals surface area contributed by atoms with Crippen LogP contribution in [0.5, 0.6) is 0 Å². The third-order valence-electron chi connectivity index (χ3n) is 3.53. The first-order valence-electron chi connectivity index (χ1n) is 6.29. The Kier molecular flexibility index (Phi) is 3.69. The summed E-state index contributed by atoms with van der Waals surface area (Å²) < 4.78 is 0. The van der Waals surface area contributed by atoms with E-state index in [4.69, 9.17) is 0 Å². The normalized spacial score (nSPS) is 19.0. The molecule has 1 heterocycles. The molecule has 0 bridgehead atoms. The molecule has 2 rings (SSSR count). The molecule has 2 N–H and O–H groups in total. The minimum atomic E-state index is -0.530. The highest BCUT2D eigenvalue weighted by Crippen LogP contribution is 2.28. The molecule has 3 heteroatoms.